The summed E-state index contributed by atoms with van der Waals surface area (Å²) >= 11 is 0. The largest absolute Gasteiger partial charge is 0.504 e. The first-order valence-corrected chi connectivity index (χ1v) is 10.3. The van der Waals surface area contributed by atoms with Gasteiger partial charge in [-0.3, -0.25) is 4.79 Å². The van der Waals surface area contributed by atoms with Crippen LogP contribution in [0.2, 0.25) is 0 Å². The Bertz CT molecular complexity index is 1010. The Morgan fingerprint density at radius 3 is 2.50 bits per heavy atom. The number of benzene rings is 3. The molecule has 0 aliphatic heterocycles. The molecule has 5 heteroatoms. The van der Waals surface area contributed by atoms with Crippen LogP contribution in [0.3, 0.4) is 0 Å². The van der Waals surface area contributed by atoms with Gasteiger partial charge in [0.05, 0.1) is 12.5 Å². The van der Waals surface area contributed by atoms with Crippen LogP contribution < -0.4 is 4.74 Å². The van der Waals surface area contributed by atoms with E-state index in [1.807, 2.05) is 42.5 Å². The summed E-state index contributed by atoms with van der Waals surface area (Å²) in [7, 11) is 0. The lowest BCUT2D eigenvalue weighted by Crippen LogP contribution is -2.07. The number of para-hydroxylation sites is 1. The van der Waals surface area contributed by atoms with Crippen molar-refractivity contribution in [1.29, 1.82) is 0 Å². The first kappa shape index (κ1) is 21.5. The number of ether oxygens (including phenoxy) is 1. The zero-order valence-corrected chi connectivity index (χ0v) is 17.2. The highest BCUT2D eigenvalue weighted by Gasteiger charge is 2.13. The summed E-state index contributed by atoms with van der Waals surface area (Å²) in [4.78, 5) is 11.2. The van der Waals surface area contributed by atoms with Crippen molar-refractivity contribution in [2.45, 2.75) is 44.9 Å². The van der Waals surface area contributed by atoms with Gasteiger partial charge >= 0.3 is 5.97 Å². The van der Waals surface area contributed by atoms with Crippen molar-refractivity contribution < 1.29 is 24.9 Å². The van der Waals surface area contributed by atoms with E-state index in [2.05, 4.69) is 0 Å². The number of aromatic hydroxyl groups is 2. The zero-order valence-electron chi connectivity index (χ0n) is 17.2. The Morgan fingerprint density at radius 2 is 1.70 bits per heavy atom. The third kappa shape index (κ3) is 5.44. The number of carboxylic acids is 1. The van der Waals surface area contributed by atoms with Crippen molar-refractivity contribution in [2.24, 2.45) is 0 Å². The van der Waals surface area contributed by atoms with E-state index in [-0.39, 0.29) is 11.5 Å². The van der Waals surface area contributed by atoms with Crippen LogP contribution >= 0.6 is 0 Å². The molecule has 0 saturated heterocycles. The molecule has 3 rings (SSSR count). The highest BCUT2D eigenvalue weighted by molar-refractivity contribution is 5.86. The molecular formula is C25H28O5. The average Bonchev–Trinajstić information content (AvgIpc) is 2.74. The number of unbranched alkanes of at least 4 members (excludes halogenated alkanes) is 3. The Hall–Kier alpha value is -3.21. The fourth-order valence-corrected chi connectivity index (χ4v) is 3.49. The summed E-state index contributed by atoms with van der Waals surface area (Å²) in [6.45, 7) is 2.31. The number of aliphatic carboxylic acids is 1. The molecule has 0 radical (unpaired) electrons. The molecule has 0 aromatic heterocycles. The Morgan fingerprint density at radius 1 is 0.933 bits per heavy atom. The highest BCUT2D eigenvalue weighted by Crippen LogP contribution is 2.29. The standard InChI is InChI=1S/C25H28O5/c1-17(25(28)29)20-11-10-18-12-13-22(16-21(18)15-20)30-14-5-3-2-4-7-19-8-6-9-23(26)24(19)27/h6,8-13,15-17,26-27H,2-5,7,14H2,1H3,(H,28,29)/t17-/m1/s1. The minimum atomic E-state index is -0.832. The predicted molar refractivity (Wildman–Crippen MR) is 117 cm³/mol. The molecule has 0 saturated carbocycles. The first-order valence-electron chi connectivity index (χ1n) is 10.3. The monoisotopic (exact) mass is 408 g/mol. The molecule has 158 valence electrons. The number of carboxylic acid groups (broad SMARTS) is 1. The van der Waals surface area contributed by atoms with Crippen LogP contribution in [0.15, 0.2) is 54.6 Å². The Labute approximate surface area is 176 Å². The van der Waals surface area contributed by atoms with Crippen molar-refractivity contribution in [2.75, 3.05) is 6.61 Å². The van der Waals surface area contributed by atoms with Gasteiger partial charge in [0.15, 0.2) is 11.5 Å². The van der Waals surface area contributed by atoms with E-state index >= 15 is 0 Å². The topological polar surface area (TPSA) is 87.0 Å². The number of hydrogen-bond donors (Lipinski definition) is 3. The molecule has 0 amide bonds. The van der Waals surface area contributed by atoms with Crippen LogP contribution in [0.1, 0.15) is 49.7 Å². The first-order chi connectivity index (χ1) is 14.5. The fourth-order valence-electron chi connectivity index (χ4n) is 3.49. The molecule has 3 N–H and O–H groups in total. The lowest BCUT2D eigenvalue weighted by molar-refractivity contribution is -0.138. The number of fused-ring (bicyclic) bond motifs is 1. The zero-order chi connectivity index (χ0) is 21.5. The van der Waals surface area contributed by atoms with Crippen molar-refractivity contribution in [1.82, 2.24) is 0 Å². The van der Waals surface area contributed by atoms with Gasteiger partial charge in [-0.25, -0.2) is 0 Å². The molecule has 5 nitrogen and oxygen atoms in total. The third-order valence-electron chi connectivity index (χ3n) is 5.41. The number of rotatable bonds is 10. The Kier molecular flexibility index (Phi) is 7.17. The van der Waals surface area contributed by atoms with Gasteiger partial charge in [-0.15, -0.1) is 0 Å². The maximum Gasteiger partial charge on any atom is 0.310 e. The van der Waals surface area contributed by atoms with E-state index in [1.165, 1.54) is 6.07 Å². The number of carbonyl (C=O) groups is 1. The summed E-state index contributed by atoms with van der Waals surface area (Å²) in [5.41, 5.74) is 1.56. The fraction of sp³-hybridized carbons (Fsp3) is 0.320. The van der Waals surface area contributed by atoms with Gasteiger partial charge in [-0.2, -0.15) is 0 Å². The smallest absolute Gasteiger partial charge is 0.310 e. The molecule has 0 fully saturated rings. The molecule has 0 bridgehead atoms. The van der Waals surface area contributed by atoms with Crippen LogP contribution in [0.5, 0.6) is 17.2 Å². The molecule has 3 aromatic carbocycles. The van der Waals surface area contributed by atoms with Gasteiger partial charge in [0.1, 0.15) is 5.75 Å². The van der Waals surface area contributed by atoms with Gasteiger partial charge in [0.2, 0.25) is 0 Å². The summed E-state index contributed by atoms with van der Waals surface area (Å²) in [6.07, 6.45) is 4.65. The lowest BCUT2D eigenvalue weighted by atomic mass is 9.98. The van der Waals surface area contributed by atoms with Gasteiger partial charge in [-0.05, 0) is 66.3 Å². The van der Waals surface area contributed by atoms with E-state index in [0.717, 1.165) is 59.8 Å². The molecule has 0 aliphatic carbocycles. The molecule has 30 heavy (non-hydrogen) atoms. The van der Waals surface area contributed by atoms with Gasteiger partial charge in [-0.1, -0.05) is 49.2 Å². The lowest BCUT2D eigenvalue weighted by Gasteiger charge is -2.10. The molecule has 1 atom stereocenters. The number of phenolic OH excluding ortho intramolecular Hbond substituents is 2. The highest BCUT2D eigenvalue weighted by atomic mass is 16.5. The van der Waals surface area contributed by atoms with Crippen LogP contribution in [0.25, 0.3) is 10.8 Å². The van der Waals surface area contributed by atoms with Gasteiger partial charge in [0, 0.05) is 0 Å². The summed E-state index contributed by atoms with van der Waals surface area (Å²) in [5.74, 6) is -0.673. The molecule has 3 aromatic rings. The second kappa shape index (κ2) is 10.0. The maximum absolute atomic E-state index is 11.2. The molecule has 0 heterocycles. The van der Waals surface area contributed by atoms with Gasteiger partial charge < -0.3 is 20.1 Å². The van der Waals surface area contributed by atoms with E-state index < -0.39 is 11.9 Å². The van der Waals surface area contributed by atoms with Gasteiger partial charge in [0.25, 0.3) is 0 Å². The Balaban J connectivity index is 1.44. The molecule has 0 unspecified atom stereocenters. The summed E-state index contributed by atoms with van der Waals surface area (Å²) in [6, 6.07) is 16.7. The molecular weight excluding hydrogens is 380 g/mol. The van der Waals surface area contributed by atoms with Crippen LogP contribution in [-0.4, -0.2) is 27.9 Å². The van der Waals surface area contributed by atoms with Crippen LogP contribution in [0.4, 0.5) is 0 Å². The number of aryl methyl sites for hydroxylation is 1. The van der Waals surface area contributed by atoms with E-state index in [4.69, 9.17) is 4.74 Å². The SMILES string of the molecule is C[C@@H](C(=O)O)c1ccc2ccc(OCCCCCCc3cccc(O)c3O)cc2c1. The molecule has 0 spiro atoms. The van der Waals surface area contributed by atoms with Crippen LogP contribution in [0, 0.1) is 0 Å². The predicted octanol–water partition coefficient (Wildman–Crippen LogP) is 5.62. The van der Waals surface area contributed by atoms with Crippen molar-refractivity contribution in [3.05, 3.63) is 65.7 Å². The number of phenols is 2. The minimum Gasteiger partial charge on any atom is -0.504 e. The summed E-state index contributed by atoms with van der Waals surface area (Å²) in [5, 5.41) is 30.6. The third-order valence-corrected chi connectivity index (χ3v) is 5.41. The average molecular weight is 408 g/mol. The minimum absolute atomic E-state index is 0.0157. The van der Waals surface area contributed by atoms with Crippen LogP contribution in [-0.2, 0) is 11.2 Å². The van der Waals surface area contributed by atoms with E-state index in [1.54, 1.807) is 13.0 Å². The quantitative estimate of drug-likeness (QED) is 0.299. The van der Waals surface area contributed by atoms with Crippen molar-refractivity contribution >= 4 is 16.7 Å². The maximum atomic E-state index is 11.2. The number of hydrogen-bond acceptors (Lipinski definition) is 4. The second-order valence-electron chi connectivity index (χ2n) is 7.63. The van der Waals surface area contributed by atoms with Crippen molar-refractivity contribution in [3.63, 3.8) is 0 Å². The van der Waals surface area contributed by atoms with E-state index in [9.17, 15) is 20.1 Å². The second-order valence-corrected chi connectivity index (χ2v) is 7.63. The van der Waals surface area contributed by atoms with Crippen molar-refractivity contribution in [3.8, 4) is 17.2 Å². The normalized spacial score (nSPS) is 12.0. The molecule has 0 aliphatic rings. The van der Waals surface area contributed by atoms with E-state index in [0.29, 0.717) is 6.61 Å². The summed E-state index contributed by atoms with van der Waals surface area (Å²) < 4.78 is 5.87.